The van der Waals surface area contributed by atoms with Crippen molar-refractivity contribution in [1.29, 1.82) is 0 Å². The van der Waals surface area contributed by atoms with Crippen LogP contribution in [0.5, 0.6) is 5.75 Å². The molecule has 1 N–H and O–H groups in total. The molecule has 2 aromatic carbocycles. The summed E-state index contributed by atoms with van der Waals surface area (Å²) in [6, 6.07) is 11.4. The number of esters is 1. The first-order valence-electron chi connectivity index (χ1n) is 12.0. The number of halogens is 1. The third-order valence-electron chi connectivity index (χ3n) is 5.65. The Kier molecular flexibility index (Phi) is 8.07. The summed E-state index contributed by atoms with van der Waals surface area (Å²) in [7, 11) is -2.80. The molecule has 0 spiro atoms. The fraction of sp³-hybridized carbons (Fsp3) is 0.346. The van der Waals surface area contributed by atoms with Crippen molar-refractivity contribution >= 4 is 39.4 Å². The van der Waals surface area contributed by atoms with Gasteiger partial charge in [-0.2, -0.15) is 5.10 Å². The van der Waals surface area contributed by atoms with Crippen LogP contribution in [0.3, 0.4) is 0 Å². The lowest BCUT2D eigenvalue weighted by Gasteiger charge is -2.39. The number of benzene rings is 2. The second-order valence-electron chi connectivity index (χ2n) is 9.90. The molecule has 0 atom stereocenters. The van der Waals surface area contributed by atoms with Crippen LogP contribution in [0.25, 0.3) is 5.69 Å². The molecule has 3 aromatic rings. The fourth-order valence-electron chi connectivity index (χ4n) is 3.68. The molecule has 0 aliphatic carbocycles. The van der Waals surface area contributed by atoms with Gasteiger partial charge in [0.2, 0.25) is 0 Å². The summed E-state index contributed by atoms with van der Waals surface area (Å²) in [6.45, 7) is 6.06. The Balaban J connectivity index is 1.48. The first-order chi connectivity index (χ1) is 18.3. The molecule has 0 saturated carbocycles. The monoisotopic (exact) mass is 576 g/mol. The summed E-state index contributed by atoms with van der Waals surface area (Å²) >= 11 is 5.92. The van der Waals surface area contributed by atoms with Gasteiger partial charge in [0.15, 0.2) is 0 Å². The van der Waals surface area contributed by atoms with E-state index in [4.69, 9.17) is 25.8 Å². The number of nitrogens with one attached hydrogen (secondary N) is 1. The van der Waals surface area contributed by atoms with E-state index >= 15 is 0 Å². The molecule has 1 amide bonds. The minimum absolute atomic E-state index is 0.0708. The molecule has 1 aliphatic rings. The predicted molar refractivity (Wildman–Crippen MR) is 144 cm³/mol. The number of sulfonamides is 1. The number of ether oxygens (including phenoxy) is 3. The van der Waals surface area contributed by atoms with Crippen molar-refractivity contribution in [1.82, 2.24) is 14.7 Å². The zero-order valence-electron chi connectivity index (χ0n) is 21.9. The summed E-state index contributed by atoms with van der Waals surface area (Å²) in [5.74, 6) is -0.135. The summed E-state index contributed by atoms with van der Waals surface area (Å²) < 4.78 is 46.3. The highest BCUT2D eigenvalue weighted by atomic mass is 35.5. The quantitative estimate of drug-likeness (QED) is 0.398. The second-order valence-corrected chi connectivity index (χ2v) is 12.0. The molecular formula is C26H29ClN4O7S. The number of carbonyl (C=O) groups excluding carboxylic acids is 2. The maximum Gasteiger partial charge on any atom is 0.410 e. The lowest BCUT2D eigenvalue weighted by atomic mass is 10.1. The molecule has 0 radical (unpaired) electrons. The highest BCUT2D eigenvalue weighted by Gasteiger charge is 2.35. The van der Waals surface area contributed by atoms with Gasteiger partial charge in [-0.15, -0.1) is 0 Å². The Morgan fingerprint density at radius 2 is 1.82 bits per heavy atom. The van der Waals surface area contributed by atoms with E-state index in [1.54, 1.807) is 57.2 Å². The van der Waals surface area contributed by atoms with E-state index in [0.717, 1.165) is 0 Å². The smallest absolute Gasteiger partial charge is 0.410 e. The molecular weight excluding hydrogens is 548 g/mol. The SMILES string of the molecule is COC(=O)Cc1cc(OC2CN(C(=O)OC(C)(C)C)C2)ccc1NS(=O)(=O)c1cnn(-c2ccc(Cl)cc2)c1. The summed E-state index contributed by atoms with van der Waals surface area (Å²) in [4.78, 5) is 25.7. The standard InChI is InChI=1S/C26H29ClN4O7S/c1-26(2,3)38-25(33)30-14-21(15-30)37-20-9-10-23(17(11-20)12-24(32)36-4)29-39(34,35)22-13-28-31(16-22)19-7-5-18(27)6-8-19/h5-11,13,16,21,29H,12,14-15H2,1-4H3. The molecule has 1 saturated heterocycles. The Bertz CT molecular complexity index is 1460. The van der Waals surface area contributed by atoms with Crippen LogP contribution in [-0.4, -0.2) is 67.1 Å². The van der Waals surface area contributed by atoms with E-state index in [0.29, 0.717) is 35.1 Å². The van der Waals surface area contributed by atoms with Crippen molar-refractivity contribution < 1.29 is 32.2 Å². The van der Waals surface area contributed by atoms with Crippen molar-refractivity contribution in [2.24, 2.45) is 0 Å². The molecule has 1 aromatic heterocycles. The average molecular weight is 577 g/mol. The molecule has 208 valence electrons. The summed E-state index contributed by atoms with van der Waals surface area (Å²) in [6.07, 6.45) is 1.71. The lowest BCUT2D eigenvalue weighted by Crippen LogP contribution is -2.57. The van der Waals surface area contributed by atoms with Gasteiger partial charge in [0.05, 0.1) is 50.4 Å². The Morgan fingerprint density at radius 1 is 1.13 bits per heavy atom. The van der Waals surface area contributed by atoms with Crippen molar-refractivity contribution in [3.63, 3.8) is 0 Å². The van der Waals surface area contributed by atoms with Crippen LogP contribution in [0, 0.1) is 0 Å². The van der Waals surface area contributed by atoms with Crippen LogP contribution in [0.15, 0.2) is 59.8 Å². The van der Waals surface area contributed by atoms with E-state index in [1.807, 2.05) is 0 Å². The number of likely N-dealkylation sites (tertiary alicyclic amines) is 1. The third kappa shape index (κ3) is 7.21. The topological polar surface area (TPSA) is 129 Å². The van der Waals surface area contributed by atoms with Crippen molar-refractivity contribution in [3.8, 4) is 11.4 Å². The molecule has 11 nitrogen and oxygen atoms in total. The highest BCUT2D eigenvalue weighted by molar-refractivity contribution is 7.92. The Morgan fingerprint density at radius 3 is 2.46 bits per heavy atom. The van der Waals surface area contributed by atoms with E-state index in [1.165, 1.54) is 35.2 Å². The van der Waals surface area contributed by atoms with Gasteiger partial charge in [-0.1, -0.05) is 11.6 Å². The fourth-order valence-corrected chi connectivity index (χ4v) is 4.84. The largest absolute Gasteiger partial charge is 0.487 e. The number of carbonyl (C=O) groups is 2. The Hall–Kier alpha value is -3.77. The minimum Gasteiger partial charge on any atom is -0.487 e. The van der Waals surface area contributed by atoms with Crippen LogP contribution in [-0.2, 0) is 30.7 Å². The van der Waals surface area contributed by atoms with Gasteiger partial charge in [-0.25, -0.2) is 17.9 Å². The molecule has 39 heavy (non-hydrogen) atoms. The van der Waals surface area contributed by atoms with Gasteiger partial charge in [0.25, 0.3) is 10.0 Å². The van der Waals surface area contributed by atoms with E-state index in [-0.39, 0.29) is 23.1 Å². The number of rotatable bonds is 8. The first kappa shape index (κ1) is 28.2. The van der Waals surface area contributed by atoms with Crippen molar-refractivity contribution in [3.05, 3.63) is 65.4 Å². The Labute approximate surface area is 231 Å². The molecule has 2 heterocycles. The van der Waals surface area contributed by atoms with Gasteiger partial charge < -0.3 is 19.1 Å². The average Bonchev–Trinajstić information content (AvgIpc) is 3.33. The minimum atomic E-state index is -4.05. The summed E-state index contributed by atoms with van der Waals surface area (Å²) in [5.41, 5.74) is 0.589. The third-order valence-corrected chi connectivity index (χ3v) is 7.22. The van der Waals surface area contributed by atoms with Gasteiger partial charge >= 0.3 is 12.1 Å². The number of methoxy groups -OCH3 is 1. The molecule has 1 aliphatic heterocycles. The molecule has 13 heteroatoms. The summed E-state index contributed by atoms with van der Waals surface area (Å²) in [5, 5.41) is 4.68. The van der Waals surface area contributed by atoms with E-state index in [9.17, 15) is 18.0 Å². The number of hydrogen-bond donors (Lipinski definition) is 1. The van der Waals surface area contributed by atoms with Crippen LogP contribution < -0.4 is 9.46 Å². The van der Waals surface area contributed by atoms with Gasteiger partial charge in [-0.3, -0.25) is 9.52 Å². The van der Waals surface area contributed by atoms with Crippen molar-refractivity contribution in [2.75, 3.05) is 24.9 Å². The molecule has 4 rings (SSSR count). The normalized spacial score (nSPS) is 13.9. The van der Waals surface area contributed by atoms with Gasteiger partial charge in [0.1, 0.15) is 22.4 Å². The number of nitrogens with zero attached hydrogens (tertiary/aromatic N) is 3. The van der Waals surface area contributed by atoms with Gasteiger partial charge in [0, 0.05) is 5.02 Å². The number of anilines is 1. The van der Waals surface area contributed by atoms with Crippen LogP contribution in [0.1, 0.15) is 26.3 Å². The predicted octanol–water partition coefficient (Wildman–Crippen LogP) is 4.04. The van der Waals surface area contributed by atoms with Crippen molar-refractivity contribution in [2.45, 2.75) is 43.8 Å². The first-order valence-corrected chi connectivity index (χ1v) is 13.9. The maximum absolute atomic E-state index is 13.1. The van der Waals surface area contributed by atoms with Crippen LogP contribution in [0.2, 0.25) is 5.02 Å². The number of hydrogen-bond acceptors (Lipinski definition) is 8. The molecule has 0 unspecified atom stereocenters. The molecule has 1 fully saturated rings. The molecule has 0 bridgehead atoms. The number of aromatic nitrogens is 2. The second kappa shape index (κ2) is 11.1. The lowest BCUT2D eigenvalue weighted by molar-refractivity contribution is -0.139. The zero-order chi connectivity index (χ0) is 28.4. The van der Waals surface area contributed by atoms with Crippen LogP contribution >= 0.6 is 11.6 Å². The van der Waals surface area contributed by atoms with Crippen LogP contribution in [0.4, 0.5) is 10.5 Å². The maximum atomic E-state index is 13.1. The zero-order valence-corrected chi connectivity index (χ0v) is 23.5. The van der Waals surface area contributed by atoms with E-state index < -0.39 is 27.7 Å². The number of amides is 1. The van der Waals surface area contributed by atoms with Gasteiger partial charge in [-0.05, 0) is 68.8 Å². The van der Waals surface area contributed by atoms with E-state index in [2.05, 4.69) is 9.82 Å². The highest BCUT2D eigenvalue weighted by Crippen LogP contribution is 2.28.